The molecule has 0 radical (unpaired) electrons. The van der Waals surface area contributed by atoms with Crippen molar-refractivity contribution in [3.05, 3.63) is 78.0 Å². The van der Waals surface area contributed by atoms with Crippen molar-refractivity contribution < 1.29 is 27.4 Å². The minimum atomic E-state index is -3.63. The van der Waals surface area contributed by atoms with Gasteiger partial charge in [-0.15, -0.1) is 5.10 Å². The summed E-state index contributed by atoms with van der Waals surface area (Å²) < 4.78 is 64.4. The molecule has 1 unspecified atom stereocenters. The maximum Gasteiger partial charge on any atom is 0.283 e. The molecular formula is C23H20F4N4O2. The van der Waals surface area contributed by atoms with E-state index in [1.165, 1.54) is 22.7 Å². The quantitative estimate of drug-likeness (QED) is 0.395. The number of nitrogens with zero attached hydrogens (tertiary/aromatic N) is 3. The van der Waals surface area contributed by atoms with Crippen LogP contribution in [0.15, 0.2) is 60.8 Å². The van der Waals surface area contributed by atoms with Crippen molar-refractivity contribution in [2.24, 2.45) is 0 Å². The molecule has 0 spiro atoms. The maximum atomic E-state index is 15.1. The molecule has 0 fully saturated rings. The van der Waals surface area contributed by atoms with Gasteiger partial charge in [-0.2, -0.15) is 4.98 Å². The maximum absolute atomic E-state index is 15.1. The van der Waals surface area contributed by atoms with E-state index in [1.54, 1.807) is 18.3 Å². The van der Waals surface area contributed by atoms with Gasteiger partial charge in [-0.3, -0.25) is 0 Å². The van der Waals surface area contributed by atoms with Crippen molar-refractivity contribution in [2.75, 3.05) is 12.3 Å². The van der Waals surface area contributed by atoms with E-state index in [0.29, 0.717) is 11.2 Å². The average molecular weight is 460 g/mol. The number of halogens is 4. The molecule has 2 heterocycles. The van der Waals surface area contributed by atoms with Gasteiger partial charge in [-0.25, -0.2) is 22.1 Å². The fourth-order valence-electron chi connectivity index (χ4n) is 3.43. The third-order valence-electron chi connectivity index (χ3n) is 5.42. The number of pyridine rings is 1. The van der Waals surface area contributed by atoms with Gasteiger partial charge in [0.2, 0.25) is 5.95 Å². The van der Waals surface area contributed by atoms with Crippen molar-refractivity contribution in [1.82, 2.24) is 14.6 Å². The molecule has 4 aromatic rings. The first-order valence-electron chi connectivity index (χ1n) is 9.98. The molecule has 1 atom stereocenters. The van der Waals surface area contributed by atoms with Crippen molar-refractivity contribution in [3.8, 4) is 16.9 Å². The number of nitrogen functional groups attached to an aromatic ring is 1. The van der Waals surface area contributed by atoms with Crippen molar-refractivity contribution in [1.29, 1.82) is 0 Å². The van der Waals surface area contributed by atoms with Crippen LogP contribution in [-0.2, 0) is 5.60 Å². The van der Waals surface area contributed by atoms with E-state index >= 15 is 4.39 Å². The molecule has 2 aromatic carbocycles. The normalized spacial score (nSPS) is 13.8. The Labute approximate surface area is 186 Å². The smallest absolute Gasteiger partial charge is 0.283 e. The van der Waals surface area contributed by atoms with Crippen LogP contribution in [0.25, 0.3) is 16.8 Å². The third-order valence-corrected chi connectivity index (χ3v) is 5.42. The molecule has 0 aliphatic carbocycles. The number of aromatic nitrogens is 3. The number of benzene rings is 2. The van der Waals surface area contributed by atoms with E-state index in [-0.39, 0.29) is 22.8 Å². The summed E-state index contributed by atoms with van der Waals surface area (Å²) in [6.45, 7) is 0.374. The highest BCUT2D eigenvalue weighted by atomic mass is 19.3. The average Bonchev–Trinajstić information content (AvgIpc) is 3.14. The molecule has 0 bridgehead atoms. The molecule has 3 N–H and O–H groups in total. The number of rotatable bonds is 7. The summed E-state index contributed by atoms with van der Waals surface area (Å²) in [5.41, 5.74) is 3.92. The molecule has 4 rings (SSSR count). The number of fused-ring (bicyclic) bond motifs is 1. The number of nitrogens with two attached hydrogens (primary N) is 1. The molecule has 0 saturated carbocycles. The Morgan fingerprint density at radius 3 is 2.55 bits per heavy atom. The molecule has 0 aliphatic rings. The van der Waals surface area contributed by atoms with Gasteiger partial charge in [-0.05, 0) is 48.4 Å². The summed E-state index contributed by atoms with van der Waals surface area (Å²) in [6.07, 6.45) is 0.672. The third kappa shape index (κ3) is 4.34. The Balaban J connectivity index is 1.50. The molecule has 33 heavy (non-hydrogen) atoms. The Morgan fingerprint density at radius 2 is 1.82 bits per heavy atom. The second-order valence-corrected chi connectivity index (χ2v) is 7.69. The van der Waals surface area contributed by atoms with Crippen LogP contribution in [0.2, 0.25) is 0 Å². The number of hydrogen-bond donors (Lipinski definition) is 2. The molecule has 6 nitrogen and oxygen atoms in total. The number of alkyl halides is 2. The lowest BCUT2D eigenvalue weighted by atomic mass is 9.87. The lowest BCUT2D eigenvalue weighted by Crippen LogP contribution is -2.43. The zero-order valence-electron chi connectivity index (χ0n) is 17.5. The van der Waals surface area contributed by atoms with Gasteiger partial charge in [0, 0.05) is 18.2 Å². The summed E-state index contributed by atoms with van der Waals surface area (Å²) >= 11 is 0. The number of aliphatic hydroxyl groups is 1. The second-order valence-electron chi connectivity index (χ2n) is 7.69. The zero-order chi connectivity index (χ0) is 23.8. The molecule has 2 aromatic heterocycles. The summed E-state index contributed by atoms with van der Waals surface area (Å²) in [5.74, 6) is -5.11. The monoisotopic (exact) mass is 460 g/mol. The van der Waals surface area contributed by atoms with Crippen LogP contribution in [0.3, 0.4) is 0 Å². The summed E-state index contributed by atoms with van der Waals surface area (Å²) in [6, 6.07) is 11.7. The van der Waals surface area contributed by atoms with Crippen LogP contribution < -0.4 is 10.5 Å². The Morgan fingerprint density at radius 1 is 1.09 bits per heavy atom. The van der Waals surface area contributed by atoms with Gasteiger partial charge in [0.1, 0.15) is 5.82 Å². The van der Waals surface area contributed by atoms with E-state index in [2.05, 4.69) is 10.1 Å². The summed E-state index contributed by atoms with van der Waals surface area (Å²) in [5, 5.41) is 14.4. The fraction of sp³-hybridized carbons (Fsp3) is 0.217. The summed E-state index contributed by atoms with van der Waals surface area (Å²) in [7, 11) is 0. The highest BCUT2D eigenvalue weighted by Crippen LogP contribution is 2.40. The summed E-state index contributed by atoms with van der Waals surface area (Å²) in [4.78, 5) is 4.03. The highest BCUT2D eigenvalue weighted by Gasteiger charge is 2.49. The number of ether oxygens (including phenoxy) is 1. The van der Waals surface area contributed by atoms with Gasteiger partial charge >= 0.3 is 0 Å². The first-order chi connectivity index (χ1) is 15.6. The van der Waals surface area contributed by atoms with E-state index in [0.717, 1.165) is 31.2 Å². The second kappa shape index (κ2) is 8.36. The molecule has 0 aliphatic heterocycles. The standard InChI is InChI=1S/C23H20F4N4O2/c1-22(32,15-5-7-16(24)8-6-15)23(26,27)10-12-33-18-4-2-3-17(20(18)25)14-9-11-31-19(13-14)29-21(28)30-31/h2-9,11,13,32H,10,12H2,1H3,(H2,28,30). The number of anilines is 1. The van der Waals surface area contributed by atoms with Crippen LogP contribution in [0.4, 0.5) is 23.5 Å². The van der Waals surface area contributed by atoms with Gasteiger partial charge in [-0.1, -0.05) is 24.3 Å². The molecular weight excluding hydrogens is 440 g/mol. The number of hydrogen-bond acceptors (Lipinski definition) is 5. The van der Waals surface area contributed by atoms with Crippen LogP contribution in [-0.4, -0.2) is 32.2 Å². The minimum Gasteiger partial charge on any atom is -0.490 e. The van der Waals surface area contributed by atoms with Crippen LogP contribution in [0, 0.1) is 11.6 Å². The largest absolute Gasteiger partial charge is 0.490 e. The van der Waals surface area contributed by atoms with Crippen LogP contribution >= 0.6 is 0 Å². The topological polar surface area (TPSA) is 85.7 Å². The van der Waals surface area contributed by atoms with Gasteiger partial charge in [0.15, 0.2) is 22.8 Å². The minimum absolute atomic E-state index is 0.0714. The lowest BCUT2D eigenvalue weighted by molar-refractivity contribution is -0.184. The van der Waals surface area contributed by atoms with Crippen molar-refractivity contribution >= 4 is 11.6 Å². The fourth-order valence-corrected chi connectivity index (χ4v) is 3.43. The zero-order valence-corrected chi connectivity index (χ0v) is 17.5. The molecule has 0 amide bonds. The Hall–Kier alpha value is -3.66. The molecule has 172 valence electrons. The predicted molar refractivity (Wildman–Crippen MR) is 114 cm³/mol. The predicted octanol–water partition coefficient (Wildman–Crippen LogP) is 4.57. The van der Waals surface area contributed by atoms with Crippen molar-refractivity contribution in [3.63, 3.8) is 0 Å². The van der Waals surface area contributed by atoms with E-state index in [4.69, 9.17) is 10.5 Å². The van der Waals surface area contributed by atoms with Gasteiger partial charge < -0.3 is 15.6 Å². The van der Waals surface area contributed by atoms with Crippen LogP contribution in [0.1, 0.15) is 18.9 Å². The van der Waals surface area contributed by atoms with Crippen LogP contribution in [0.5, 0.6) is 5.75 Å². The molecule has 10 heteroatoms. The van der Waals surface area contributed by atoms with E-state index in [1.807, 2.05) is 0 Å². The lowest BCUT2D eigenvalue weighted by Gasteiger charge is -2.33. The van der Waals surface area contributed by atoms with E-state index < -0.39 is 36.2 Å². The Kier molecular flexibility index (Phi) is 5.71. The first kappa shape index (κ1) is 22.5. The highest BCUT2D eigenvalue weighted by molar-refractivity contribution is 5.69. The van der Waals surface area contributed by atoms with Crippen molar-refractivity contribution in [2.45, 2.75) is 24.9 Å². The van der Waals surface area contributed by atoms with E-state index in [9.17, 15) is 18.3 Å². The first-order valence-corrected chi connectivity index (χ1v) is 9.98. The van der Waals surface area contributed by atoms with Gasteiger partial charge in [0.05, 0.1) is 6.61 Å². The van der Waals surface area contributed by atoms with Gasteiger partial charge in [0.25, 0.3) is 5.92 Å². The molecule has 0 saturated heterocycles. The SMILES string of the molecule is CC(O)(c1ccc(F)cc1)C(F)(F)CCOc1cccc(-c2ccn3nc(N)nc3c2)c1F. The Bertz CT molecular complexity index is 1290.